The van der Waals surface area contributed by atoms with Crippen molar-refractivity contribution in [3.8, 4) is 0 Å². The van der Waals surface area contributed by atoms with E-state index < -0.39 is 15.3 Å². The van der Waals surface area contributed by atoms with Crippen LogP contribution in [0.15, 0.2) is 0 Å². The molecule has 0 radical (unpaired) electrons. The molecule has 0 spiro atoms. The van der Waals surface area contributed by atoms with Crippen LogP contribution in [0.2, 0.25) is 0 Å². The molecule has 11 heavy (non-hydrogen) atoms. The molecule has 4 nitrogen and oxygen atoms in total. The first-order chi connectivity index (χ1) is 5.02. The normalized spacial score (nSPS) is 28.7. The fourth-order valence-electron chi connectivity index (χ4n) is 1.18. The van der Waals surface area contributed by atoms with Crippen molar-refractivity contribution in [2.24, 2.45) is 5.14 Å². The van der Waals surface area contributed by atoms with Crippen LogP contribution in [0.3, 0.4) is 0 Å². The van der Waals surface area contributed by atoms with Crippen molar-refractivity contribution < 1.29 is 13.2 Å². The van der Waals surface area contributed by atoms with E-state index in [1.54, 1.807) is 6.92 Å². The minimum Gasteiger partial charge on any atom is -0.377 e. The Kier molecular flexibility index (Phi) is 2.51. The summed E-state index contributed by atoms with van der Waals surface area (Å²) in [7, 11) is -3.41. The van der Waals surface area contributed by atoms with Gasteiger partial charge in [0, 0.05) is 6.61 Å². The van der Waals surface area contributed by atoms with E-state index in [1.807, 2.05) is 0 Å². The first-order valence-electron chi connectivity index (χ1n) is 3.65. The lowest BCUT2D eigenvalue weighted by Gasteiger charge is -2.15. The molecule has 2 N–H and O–H groups in total. The monoisotopic (exact) mass is 179 g/mol. The molecular formula is C6H13NO3S. The average Bonchev–Trinajstić information content (AvgIpc) is 2.34. The number of rotatable bonds is 2. The summed E-state index contributed by atoms with van der Waals surface area (Å²) in [6, 6.07) is 0. The third kappa shape index (κ3) is 2.15. The summed E-state index contributed by atoms with van der Waals surface area (Å²) in [5, 5.41) is 4.39. The maximum atomic E-state index is 10.8. The zero-order valence-electron chi connectivity index (χ0n) is 6.49. The highest BCUT2D eigenvalue weighted by atomic mass is 32.2. The predicted molar refractivity (Wildman–Crippen MR) is 41.5 cm³/mol. The third-order valence-corrected chi connectivity index (χ3v) is 3.35. The maximum Gasteiger partial charge on any atom is 0.214 e. The van der Waals surface area contributed by atoms with Crippen molar-refractivity contribution in [3.05, 3.63) is 0 Å². The Morgan fingerprint density at radius 1 is 1.64 bits per heavy atom. The zero-order valence-corrected chi connectivity index (χ0v) is 7.30. The number of primary sulfonamides is 1. The Balaban J connectivity index is 2.60. The standard InChI is InChI=1S/C6H13NO3S/c1-5(11(7,8)9)6-3-2-4-10-6/h5-6H,2-4H2,1H3,(H2,7,8,9). The number of nitrogens with two attached hydrogens (primary N) is 1. The van der Waals surface area contributed by atoms with Crippen LogP contribution in [-0.2, 0) is 14.8 Å². The van der Waals surface area contributed by atoms with Crippen LogP contribution >= 0.6 is 0 Å². The maximum absolute atomic E-state index is 10.8. The molecule has 1 rings (SSSR count). The molecule has 1 aliphatic heterocycles. The van der Waals surface area contributed by atoms with E-state index in [1.165, 1.54) is 0 Å². The van der Waals surface area contributed by atoms with Gasteiger partial charge in [0.2, 0.25) is 10.0 Å². The van der Waals surface area contributed by atoms with Crippen molar-refractivity contribution in [1.82, 2.24) is 0 Å². The first-order valence-corrected chi connectivity index (χ1v) is 5.26. The molecule has 5 heteroatoms. The van der Waals surface area contributed by atoms with E-state index in [2.05, 4.69) is 0 Å². The van der Waals surface area contributed by atoms with Crippen LogP contribution in [-0.4, -0.2) is 26.4 Å². The summed E-state index contributed by atoms with van der Waals surface area (Å²) < 4.78 is 26.8. The molecule has 1 heterocycles. The lowest BCUT2D eigenvalue weighted by Crippen LogP contribution is -2.35. The minimum atomic E-state index is -3.41. The molecule has 1 aliphatic rings. The van der Waals surface area contributed by atoms with Gasteiger partial charge >= 0.3 is 0 Å². The topological polar surface area (TPSA) is 69.4 Å². The highest BCUT2D eigenvalue weighted by Gasteiger charge is 2.29. The number of hydrogen-bond acceptors (Lipinski definition) is 3. The van der Waals surface area contributed by atoms with Crippen LogP contribution in [0.25, 0.3) is 0 Å². The second-order valence-corrected chi connectivity index (χ2v) is 4.77. The highest BCUT2D eigenvalue weighted by Crippen LogP contribution is 2.18. The van der Waals surface area contributed by atoms with Gasteiger partial charge in [0.25, 0.3) is 0 Å². The number of ether oxygens (including phenoxy) is 1. The van der Waals surface area contributed by atoms with Gasteiger partial charge in [-0.1, -0.05) is 0 Å². The van der Waals surface area contributed by atoms with Gasteiger partial charge in [0.05, 0.1) is 11.4 Å². The van der Waals surface area contributed by atoms with Gasteiger partial charge in [0.15, 0.2) is 0 Å². The lowest BCUT2D eigenvalue weighted by atomic mass is 10.2. The van der Waals surface area contributed by atoms with Crippen molar-refractivity contribution in [2.45, 2.75) is 31.1 Å². The van der Waals surface area contributed by atoms with Crippen molar-refractivity contribution in [2.75, 3.05) is 6.61 Å². The van der Waals surface area contributed by atoms with Crippen molar-refractivity contribution in [3.63, 3.8) is 0 Å². The minimum absolute atomic E-state index is 0.190. The van der Waals surface area contributed by atoms with Crippen LogP contribution in [0, 0.1) is 0 Å². The summed E-state index contributed by atoms with van der Waals surface area (Å²) in [6.07, 6.45) is 1.55. The van der Waals surface area contributed by atoms with Gasteiger partial charge in [-0.25, -0.2) is 13.6 Å². The van der Waals surface area contributed by atoms with Gasteiger partial charge in [-0.3, -0.25) is 0 Å². The summed E-state index contributed by atoms with van der Waals surface area (Å²) in [4.78, 5) is 0. The van der Waals surface area contributed by atoms with Gasteiger partial charge in [-0.05, 0) is 19.8 Å². The summed E-state index contributed by atoms with van der Waals surface area (Å²) in [5.74, 6) is 0. The van der Waals surface area contributed by atoms with E-state index in [4.69, 9.17) is 9.88 Å². The summed E-state index contributed by atoms with van der Waals surface area (Å²) in [6.45, 7) is 2.25. The smallest absolute Gasteiger partial charge is 0.214 e. The van der Waals surface area contributed by atoms with Gasteiger partial charge in [-0.15, -0.1) is 0 Å². The Morgan fingerprint density at radius 3 is 2.64 bits per heavy atom. The molecular weight excluding hydrogens is 166 g/mol. The van der Waals surface area contributed by atoms with E-state index in [-0.39, 0.29) is 6.10 Å². The Morgan fingerprint density at radius 2 is 2.27 bits per heavy atom. The molecule has 0 aliphatic carbocycles. The van der Waals surface area contributed by atoms with Gasteiger partial charge in [0.1, 0.15) is 0 Å². The number of sulfonamides is 1. The number of hydrogen-bond donors (Lipinski definition) is 1. The van der Waals surface area contributed by atoms with Crippen LogP contribution < -0.4 is 5.14 Å². The molecule has 2 atom stereocenters. The molecule has 0 aromatic rings. The fourth-order valence-corrected chi connectivity index (χ4v) is 1.82. The predicted octanol–water partition coefficient (Wildman–Crippen LogP) is -0.158. The fraction of sp³-hybridized carbons (Fsp3) is 1.00. The molecule has 1 saturated heterocycles. The lowest BCUT2D eigenvalue weighted by molar-refractivity contribution is 0.110. The molecule has 0 saturated carbocycles. The SMILES string of the molecule is CC(C1CCCO1)S(N)(=O)=O. The Bertz CT molecular complexity index is 218. The molecule has 2 unspecified atom stereocenters. The average molecular weight is 179 g/mol. The molecule has 0 aromatic heterocycles. The quantitative estimate of drug-likeness (QED) is 0.640. The molecule has 66 valence electrons. The molecule has 1 fully saturated rings. The van der Waals surface area contributed by atoms with Crippen molar-refractivity contribution in [1.29, 1.82) is 0 Å². The molecule has 0 amide bonds. The van der Waals surface area contributed by atoms with E-state index >= 15 is 0 Å². The Labute approximate surface area is 66.8 Å². The second-order valence-electron chi connectivity index (χ2n) is 2.85. The molecule has 0 bridgehead atoms. The van der Waals surface area contributed by atoms with Gasteiger partial charge in [-0.2, -0.15) is 0 Å². The summed E-state index contributed by atoms with van der Waals surface area (Å²) in [5.41, 5.74) is 0. The van der Waals surface area contributed by atoms with E-state index in [9.17, 15) is 8.42 Å². The highest BCUT2D eigenvalue weighted by molar-refractivity contribution is 7.89. The third-order valence-electron chi connectivity index (χ3n) is 2.01. The molecule has 0 aromatic carbocycles. The van der Waals surface area contributed by atoms with Gasteiger partial charge < -0.3 is 4.74 Å². The van der Waals surface area contributed by atoms with Crippen LogP contribution in [0.5, 0.6) is 0 Å². The van der Waals surface area contributed by atoms with E-state index in [0.717, 1.165) is 12.8 Å². The van der Waals surface area contributed by atoms with Crippen LogP contribution in [0.4, 0.5) is 0 Å². The van der Waals surface area contributed by atoms with Crippen LogP contribution in [0.1, 0.15) is 19.8 Å². The summed E-state index contributed by atoms with van der Waals surface area (Å²) >= 11 is 0. The van der Waals surface area contributed by atoms with E-state index in [0.29, 0.717) is 6.61 Å². The largest absolute Gasteiger partial charge is 0.377 e. The zero-order chi connectivity index (χ0) is 8.48. The second kappa shape index (κ2) is 3.08. The van der Waals surface area contributed by atoms with Crippen molar-refractivity contribution >= 4 is 10.0 Å². The Hall–Kier alpha value is -0.130. The first kappa shape index (κ1) is 8.96.